The Morgan fingerprint density at radius 1 is 1.90 bits per heavy atom. The van der Waals surface area contributed by atoms with Crippen LogP contribution in [0.1, 0.15) is 12.8 Å². The van der Waals surface area contributed by atoms with Crippen molar-refractivity contribution < 1.29 is 4.79 Å². The van der Waals surface area contributed by atoms with Crippen LogP contribution in [-0.4, -0.2) is 24.4 Å². The number of likely N-dealkylation sites (tertiary alicyclic amines) is 1. The second-order valence-corrected chi connectivity index (χ2v) is 2.77. The van der Waals surface area contributed by atoms with Crippen molar-refractivity contribution in [3.63, 3.8) is 0 Å². The quantitative estimate of drug-likeness (QED) is 0.523. The van der Waals surface area contributed by atoms with Crippen molar-refractivity contribution in [2.75, 3.05) is 13.6 Å². The van der Waals surface area contributed by atoms with Gasteiger partial charge >= 0.3 is 0 Å². The molecule has 0 unspecified atom stereocenters. The standard InChI is InChI=1S/C8H13NO/c1-3-4-7-5-6-9(2)8(7)10/h3,7H,1,4-6H2,2H3/t7-/m0/s1. The van der Waals surface area contributed by atoms with Gasteiger partial charge < -0.3 is 4.90 Å². The molecule has 2 nitrogen and oxygen atoms in total. The molecule has 0 radical (unpaired) electrons. The molecule has 0 spiro atoms. The van der Waals surface area contributed by atoms with Gasteiger partial charge in [-0.1, -0.05) is 6.08 Å². The van der Waals surface area contributed by atoms with E-state index in [4.69, 9.17) is 0 Å². The maximum atomic E-state index is 11.2. The Hall–Kier alpha value is -0.790. The van der Waals surface area contributed by atoms with Crippen molar-refractivity contribution in [2.24, 2.45) is 5.92 Å². The third-order valence-electron chi connectivity index (χ3n) is 1.99. The number of hydrogen-bond acceptors (Lipinski definition) is 1. The molecular weight excluding hydrogens is 126 g/mol. The number of nitrogens with zero attached hydrogens (tertiary/aromatic N) is 1. The van der Waals surface area contributed by atoms with Gasteiger partial charge in [0.25, 0.3) is 0 Å². The molecule has 10 heavy (non-hydrogen) atoms. The van der Waals surface area contributed by atoms with Crippen molar-refractivity contribution in [1.29, 1.82) is 0 Å². The third kappa shape index (κ3) is 1.20. The highest BCUT2D eigenvalue weighted by Gasteiger charge is 2.27. The number of amides is 1. The van der Waals surface area contributed by atoms with Crippen LogP contribution in [0, 0.1) is 5.92 Å². The molecule has 56 valence electrons. The number of hydrogen-bond donors (Lipinski definition) is 0. The van der Waals surface area contributed by atoms with Gasteiger partial charge in [-0.05, 0) is 12.8 Å². The fraction of sp³-hybridized carbons (Fsp3) is 0.625. The lowest BCUT2D eigenvalue weighted by molar-refractivity contribution is -0.129. The molecule has 1 saturated heterocycles. The van der Waals surface area contributed by atoms with Gasteiger partial charge in [0.1, 0.15) is 0 Å². The van der Waals surface area contributed by atoms with Gasteiger partial charge in [-0.3, -0.25) is 4.79 Å². The summed E-state index contributed by atoms with van der Waals surface area (Å²) in [5.41, 5.74) is 0. The molecule has 1 fully saturated rings. The molecule has 0 saturated carbocycles. The first-order chi connectivity index (χ1) is 4.75. The molecule has 1 amide bonds. The Morgan fingerprint density at radius 2 is 2.60 bits per heavy atom. The van der Waals surface area contributed by atoms with Crippen LogP contribution in [0.2, 0.25) is 0 Å². The van der Waals surface area contributed by atoms with E-state index in [0.717, 1.165) is 19.4 Å². The van der Waals surface area contributed by atoms with Gasteiger partial charge in [-0.25, -0.2) is 0 Å². The van der Waals surface area contributed by atoms with Crippen molar-refractivity contribution in [1.82, 2.24) is 4.90 Å². The summed E-state index contributed by atoms with van der Waals surface area (Å²) in [5.74, 6) is 0.502. The Morgan fingerprint density at radius 3 is 3.00 bits per heavy atom. The number of carbonyl (C=O) groups is 1. The molecular formula is C8H13NO. The third-order valence-corrected chi connectivity index (χ3v) is 1.99. The minimum atomic E-state index is 0.225. The predicted octanol–water partition coefficient (Wildman–Crippen LogP) is 1.04. The SMILES string of the molecule is C=CC[C@H]1CCN(C)C1=O. The minimum absolute atomic E-state index is 0.225. The molecule has 0 aromatic carbocycles. The summed E-state index contributed by atoms with van der Waals surface area (Å²) < 4.78 is 0. The lowest BCUT2D eigenvalue weighted by Gasteiger charge is -2.07. The first kappa shape index (κ1) is 7.32. The Kier molecular flexibility index (Phi) is 2.10. The maximum absolute atomic E-state index is 11.2. The normalized spacial score (nSPS) is 25.5. The second-order valence-electron chi connectivity index (χ2n) is 2.77. The van der Waals surface area contributed by atoms with Crippen molar-refractivity contribution in [3.05, 3.63) is 12.7 Å². The summed E-state index contributed by atoms with van der Waals surface area (Å²) in [5, 5.41) is 0. The molecule has 0 aromatic rings. The number of rotatable bonds is 2. The van der Waals surface area contributed by atoms with Gasteiger partial charge in [-0.15, -0.1) is 6.58 Å². The Balaban J connectivity index is 2.48. The van der Waals surface area contributed by atoms with Gasteiger partial charge in [0, 0.05) is 19.5 Å². The van der Waals surface area contributed by atoms with Gasteiger partial charge in [0.15, 0.2) is 0 Å². The molecule has 0 aliphatic carbocycles. The lowest BCUT2D eigenvalue weighted by Crippen LogP contribution is -2.22. The highest BCUT2D eigenvalue weighted by atomic mass is 16.2. The van der Waals surface area contributed by atoms with Crippen LogP contribution in [0.4, 0.5) is 0 Å². The summed E-state index contributed by atoms with van der Waals surface area (Å²) in [6, 6.07) is 0. The summed E-state index contributed by atoms with van der Waals surface area (Å²) in [6.07, 6.45) is 3.66. The molecule has 0 bridgehead atoms. The van der Waals surface area contributed by atoms with E-state index < -0.39 is 0 Å². The lowest BCUT2D eigenvalue weighted by atomic mass is 10.0. The largest absolute Gasteiger partial charge is 0.345 e. The predicted molar refractivity (Wildman–Crippen MR) is 40.6 cm³/mol. The van der Waals surface area contributed by atoms with Gasteiger partial charge in [-0.2, -0.15) is 0 Å². The van der Waals surface area contributed by atoms with Crippen molar-refractivity contribution in [2.45, 2.75) is 12.8 Å². The van der Waals surface area contributed by atoms with Crippen LogP contribution in [0.15, 0.2) is 12.7 Å². The molecule has 0 aromatic heterocycles. The Labute approximate surface area is 61.5 Å². The van der Waals surface area contributed by atoms with E-state index in [9.17, 15) is 4.79 Å². The van der Waals surface area contributed by atoms with E-state index in [1.807, 2.05) is 13.1 Å². The zero-order chi connectivity index (χ0) is 7.56. The summed E-state index contributed by atoms with van der Waals surface area (Å²) in [6.45, 7) is 4.53. The molecule has 1 aliphatic heterocycles. The van der Waals surface area contributed by atoms with Gasteiger partial charge in [0.05, 0.1) is 0 Å². The van der Waals surface area contributed by atoms with E-state index in [-0.39, 0.29) is 11.8 Å². The van der Waals surface area contributed by atoms with E-state index in [1.165, 1.54) is 0 Å². The monoisotopic (exact) mass is 139 g/mol. The van der Waals surface area contributed by atoms with E-state index in [0.29, 0.717) is 0 Å². The van der Waals surface area contributed by atoms with Gasteiger partial charge in [0.2, 0.25) is 5.91 Å². The highest BCUT2D eigenvalue weighted by molar-refractivity contribution is 5.80. The molecule has 2 heteroatoms. The fourth-order valence-electron chi connectivity index (χ4n) is 1.31. The van der Waals surface area contributed by atoms with Crippen LogP contribution >= 0.6 is 0 Å². The molecule has 1 atom stereocenters. The van der Waals surface area contributed by atoms with Crippen molar-refractivity contribution >= 4 is 5.91 Å². The minimum Gasteiger partial charge on any atom is -0.345 e. The smallest absolute Gasteiger partial charge is 0.225 e. The van der Waals surface area contributed by atoms with Crippen LogP contribution in [0.5, 0.6) is 0 Å². The molecule has 1 rings (SSSR count). The average Bonchev–Trinajstić information content (AvgIpc) is 2.20. The fourth-order valence-corrected chi connectivity index (χ4v) is 1.31. The summed E-state index contributed by atoms with van der Waals surface area (Å²) >= 11 is 0. The highest BCUT2D eigenvalue weighted by Crippen LogP contribution is 2.19. The van der Waals surface area contributed by atoms with E-state index in [2.05, 4.69) is 6.58 Å². The van der Waals surface area contributed by atoms with Crippen molar-refractivity contribution in [3.8, 4) is 0 Å². The zero-order valence-electron chi connectivity index (χ0n) is 6.34. The van der Waals surface area contributed by atoms with Crippen LogP contribution in [-0.2, 0) is 4.79 Å². The molecule has 0 N–H and O–H groups in total. The van der Waals surface area contributed by atoms with E-state index in [1.54, 1.807) is 4.90 Å². The number of carbonyl (C=O) groups excluding carboxylic acids is 1. The summed E-state index contributed by atoms with van der Waals surface area (Å²) in [7, 11) is 1.85. The van der Waals surface area contributed by atoms with Crippen LogP contribution in [0.25, 0.3) is 0 Å². The summed E-state index contributed by atoms with van der Waals surface area (Å²) in [4.78, 5) is 13.0. The number of allylic oxidation sites excluding steroid dienone is 1. The zero-order valence-corrected chi connectivity index (χ0v) is 6.34. The van der Waals surface area contributed by atoms with Crippen LogP contribution in [0.3, 0.4) is 0 Å². The average molecular weight is 139 g/mol. The molecule has 1 aliphatic rings. The van der Waals surface area contributed by atoms with E-state index >= 15 is 0 Å². The van der Waals surface area contributed by atoms with Crippen LogP contribution < -0.4 is 0 Å². The first-order valence-corrected chi connectivity index (χ1v) is 3.61. The Bertz CT molecular complexity index is 153. The topological polar surface area (TPSA) is 20.3 Å². The first-order valence-electron chi connectivity index (χ1n) is 3.61. The maximum Gasteiger partial charge on any atom is 0.225 e. The molecule has 1 heterocycles. The second kappa shape index (κ2) is 2.86.